The van der Waals surface area contributed by atoms with Gasteiger partial charge in [0.15, 0.2) is 23.0 Å². The number of para-hydroxylation sites is 4. The lowest BCUT2D eigenvalue weighted by Crippen LogP contribution is -2.44. The second-order valence-corrected chi connectivity index (χ2v) is 4.46. The monoisotopic (exact) mass is 256 g/mol. The summed E-state index contributed by atoms with van der Waals surface area (Å²) in [7, 11) is 0. The first kappa shape index (κ1) is 10.6. The molecule has 1 unspecified atom stereocenters. The van der Waals surface area contributed by atoms with Gasteiger partial charge in [0.1, 0.15) is 6.61 Å². The number of benzene rings is 2. The third-order valence-electron chi connectivity index (χ3n) is 3.17. The lowest BCUT2D eigenvalue weighted by Gasteiger charge is -2.28. The normalized spacial score (nSPS) is 20.3. The van der Waals surface area contributed by atoms with Crippen LogP contribution in [0.25, 0.3) is 0 Å². The molecule has 0 N–H and O–H groups in total. The molecular weight excluding hydrogens is 244 g/mol. The molecule has 4 rings (SSSR count). The van der Waals surface area contributed by atoms with E-state index in [4.69, 9.17) is 18.9 Å². The first-order valence-corrected chi connectivity index (χ1v) is 6.21. The Morgan fingerprint density at radius 1 is 0.684 bits per heavy atom. The predicted molar refractivity (Wildman–Crippen MR) is 67.8 cm³/mol. The Morgan fingerprint density at radius 2 is 1.21 bits per heavy atom. The van der Waals surface area contributed by atoms with Crippen molar-refractivity contribution in [3.63, 3.8) is 0 Å². The second kappa shape index (κ2) is 4.09. The largest absolute Gasteiger partial charge is 0.486 e. The fourth-order valence-electron chi connectivity index (χ4n) is 2.24. The molecule has 2 aliphatic rings. The Hall–Kier alpha value is -2.36. The minimum Gasteiger partial charge on any atom is -0.486 e. The van der Waals surface area contributed by atoms with Gasteiger partial charge in [0.05, 0.1) is 0 Å². The fraction of sp³-hybridized carbons (Fsp3) is 0.200. The highest BCUT2D eigenvalue weighted by Crippen LogP contribution is 2.38. The van der Waals surface area contributed by atoms with Crippen molar-refractivity contribution in [2.24, 2.45) is 0 Å². The quantitative estimate of drug-likeness (QED) is 0.786. The van der Waals surface area contributed by atoms with Crippen LogP contribution >= 0.6 is 0 Å². The molecule has 2 aromatic carbocycles. The fourth-order valence-corrected chi connectivity index (χ4v) is 2.24. The summed E-state index contributed by atoms with van der Waals surface area (Å²) in [5.74, 6) is 2.97. The Bertz CT molecular complexity index is 586. The van der Waals surface area contributed by atoms with E-state index in [-0.39, 0.29) is 6.10 Å². The molecule has 0 aliphatic carbocycles. The SMILES string of the molecule is c1ccc2c(c1)OCC(C1Oc3ccccc3O1)O2. The van der Waals surface area contributed by atoms with Crippen molar-refractivity contribution >= 4 is 0 Å². The van der Waals surface area contributed by atoms with Crippen molar-refractivity contribution in [3.05, 3.63) is 48.5 Å². The van der Waals surface area contributed by atoms with Gasteiger partial charge >= 0.3 is 0 Å². The predicted octanol–water partition coefficient (Wildman–Crippen LogP) is 2.62. The van der Waals surface area contributed by atoms with Crippen molar-refractivity contribution in [1.29, 1.82) is 0 Å². The molecule has 2 heterocycles. The van der Waals surface area contributed by atoms with Crippen LogP contribution in [0.4, 0.5) is 0 Å². The van der Waals surface area contributed by atoms with Gasteiger partial charge < -0.3 is 18.9 Å². The average Bonchev–Trinajstić information content (AvgIpc) is 2.90. The summed E-state index contributed by atoms with van der Waals surface area (Å²) in [4.78, 5) is 0. The molecule has 19 heavy (non-hydrogen) atoms. The molecule has 4 nitrogen and oxygen atoms in total. The first-order chi connectivity index (χ1) is 9.40. The second-order valence-electron chi connectivity index (χ2n) is 4.46. The van der Waals surface area contributed by atoms with Crippen LogP contribution in [0.5, 0.6) is 23.0 Å². The third kappa shape index (κ3) is 1.76. The minimum atomic E-state index is -0.467. The van der Waals surface area contributed by atoms with Crippen LogP contribution in [0, 0.1) is 0 Å². The summed E-state index contributed by atoms with van der Waals surface area (Å²) in [5.41, 5.74) is 0. The van der Waals surface area contributed by atoms with Gasteiger partial charge in [0.2, 0.25) is 6.10 Å². The maximum atomic E-state index is 5.87. The first-order valence-electron chi connectivity index (χ1n) is 6.21. The molecule has 0 spiro atoms. The Morgan fingerprint density at radius 3 is 1.84 bits per heavy atom. The van der Waals surface area contributed by atoms with E-state index in [1.807, 2.05) is 48.5 Å². The molecule has 0 radical (unpaired) electrons. The van der Waals surface area contributed by atoms with Crippen LogP contribution in [0.1, 0.15) is 0 Å². The van der Waals surface area contributed by atoms with Crippen molar-refractivity contribution in [3.8, 4) is 23.0 Å². The van der Waals surface area contributed by atoms with Crippen LogP contribution < -0.4 is 18.9 Å². The Labute approximate surface area is 110 Å². The molecule has 2 aromatic rings. The molecule has 96 valence electrons. The summed E-state index contributed by atoms with van der Waals surface area (Å²) >= 11 is 0. The van der Waals surface area contributed by atoms with E-state index >= 15 is 0 Å². The average molecular weight is 256 g/mol. The van der Waals surface area contributed by atoms with Crippen LogP contribution in [-0.2, 0) is 0 Å². The molecule has 1 atom stereocenters. The number of ether oxygens (including phenoxy) is 4. The maximum Gasteiger partial charge on any atom is 0.281 e. The molecule has 0 amide bonds. The topological polar surface area (TPSA) is 36.9 Å². The molecule has 0 fully saturated rings. The van der Waals surface area contributed by atoms with Crippen LogP contribution in [-0.4, -0.2) is 19.0 Å². The van der Waals surface area contributed by atoms with Gasteiger partial charge in [0.25, 0.3) is 6.29 Å². The summed E-state index contributed by atoms with van der Waals surface area (Å²) in [6, 6.07) is 15.2. The smallest absolute Gasteiger partial charge is 0.281 e. The van der Waals surface area contributed by atoms with E-state index in [1.54, 1.807) is 0 Å². The van der Waals surface area contributed by atoms with Gasteiger partial charge in [-0.3, -0.25) is 0 Å². The minimum absolute atomic E-state index is 0.276. The van der Waals surface area contributed by atoms with E-state index in [2.05, 4.69) is 0 Å². The molecule has 2 aliphatic heterocycles. The zero-order valence-electron chi connectivity index (χ0n) is 10.1. The molecule has 4 heteroatoms. The zero-order valence-corrected chi connectivity index (χ0v) is 10.1. The van der Waals surface area contributed by atoms with Gasteiger partial charge in [0, 0.05) is 0 Å². The lowest BCUT2D eigenvalue weighted by molar-refractivity contribution is -0.0735. The van der Waals surface area contributed by atoms with E-state index in [0.717, 1.165) is 23.0 Å². The van der Waals surface area contributed by atoms with Crippen molar-refractivity contribution in [2.75, 3.05) is 6.61 Å². The highest BCUT2D eigenvalue weighted by molar-refractivity contribution is 5.43. The Balaban J connectivity index is 1.54. The van der Waals surface area contributed by atoms with Crippen LogP contribution in [0.3, 0.4) is 0 Å². The van der Waals surface area contributed by atoms with Crippen molar-refractivity contribution < 1.29 is 18.9 Å². The summed E-state index contributed by atoms with van der Waals surface area (Å²) < 4.78 is 23.0. The zero-order chi connectivity index (χ0) is 12.7. The van der Waals surface area contributed by atoms with Gasteiger partial charge in [-0.15, -0.1) is 0 Å². The van der Waals surface area contributed by atoms with Crippen LogP contribution in [0.2, 0.25) is 0 Å². The van der Waals surface area contributed by atoms with Crippen molar-refractivity contribution in [2.45, 2.75) is 12.4 Å². The van der Waals surface area contributed by atoms with Crippen LogP contribution in [0.15, 0.2) is 48.5 Å². The highest BCUT2D eigenvalue weighted by Gasteiger charge is 2.36. The summed E-state index contributed by atoms with van der Waals surface area (Å²) in [6.07, 6.45) is -0.743. The van der Waals surface area contributed by atoms with E-state index < -0.39 is 6.29 Å². The number of hydrogen-bond acceptors (Lipinski definition) is 4. The number of hydrogen-bond donors (Lipinski definition) is 0. The molecule has 0 aromatic heterocycles. The Kier molecular flexibility index (Phi) is 2.27. The molecule has 0 saturated carbocycles. The summed E-state index contributed by atoms with van der Waals surface area (Å²) in [5, 5.41) is 0. The molecular formula is C15H12O4. The summed E-state index contributed by atoms with van der Waals surface area (Å²) in [6.45, 7) is 0.412. The lowest BCUT2D eigenvalue weighted by atomic mass is 10.2. The molecule has 0 bridgehead atoms. The third-order valence-corrected chi connectivity index (χ3v) is 3.17. The van der Waals surface area contributed by atoms with Gasteiger partial charge in [-0.05, 0) is 24.3 Å². The van der Waals surface area contributed by atoms with E-state index in [0.29, 0.717) is 6.61 Å². The molecule has 0 saturated heterocycles. The van der Waals surface area contributed by atoms with E-state index in [9.17, 15) is 0 Å². The van der Waals surface area contributed by atoms with E-state index in [1.165, 1.54) is 0 Å². The van der Waals surface area contributed by atoms with Crippen molar-refractivity contribution in [1.82, 2.24) is 0 Å². The standard InChI is InChI=1S/C15H12O4/c1-2-6-11-10(5-1)16-9-14(17-11)15-18-12-7-3-4-8-13(12)19-15/h1-8,14-15H,9H2. The van der Waals surface area contributed by atoms with Gasteiger partial charge in [-0.25, -0.2) is 0 Å². The van der Waals surface area contributed by atoms with Gasteiger partial charge in [-0.2, -0.15) is 0 Å². The number of rotatable bonds is 1. The van der Waals surface area contributed by atoms with Gasteiger partial charge in [-0.1, -0.05) is 24.3 Å². The number of fused-ring (bicyclic) bond motifs is 2. The highest BCUT2D eigenvalue weighted by atomic mass is 16.7. The maximum absolute atomic E-state index is 5.87.